The Morgan fingerprint density at radius 2 is 2.17 bits per heavy atom. The molecule has 72 valence electrons. The average Bonchev–Trinajstić information content (AvgIpc) is 2.04. The molecule has 2 atom stereocenters. The predicted octanol–water partition coefficient (Wildman–Crippen LogP) is -0.0916. The summed E-state index contributed by atoms with van der Waals surface area (Å²) in [6, 6.07) is -0.256. The number of likely N-dealkylation sites (N-methyl/N-ethyl adjacent to an activating group) is 1. The summed E-state index contributed by atoms with van der Waals surface area (Å²) < 4.78 is 4.64. The Hall–Kier alpha value is -0.610. The van der Waals surface area contributed by atoms with Crippen LogP contribution in [0.4, 0.5) is 0 Å². The van der Waals surface area contributed by atoms with Gasteiger partial charge in [-0.2, -0.15) is 0 Å². The van der Waals surface area contributed by atoms with Crippen molar-refractivity contribution >= 4 is 5.97 Å². The Balaban J connectivity index is 3.82. The highest BCUT2D eigenvalue weighted by molar-refractivity contribution is 5.75. The quantitative estimate of drug-likeness (QED) is 0.573. The highest BCUT2D eigenvalue weighted by Gasteiger charge is 2.22. The highest BCUT2D eigenvalue weighted by Crippen LogP contribution is 1.95. The van der Waals surface area contributed by atoms with Crippen LogP contribution in [0.25, 0.3) is 0 Å². The Kier molecular flexibility index (Phi) is 5.66. The first kappa shape index (κ1) is 11.4. The van der Waals surface area contributed by atoms with Gasteiger partial charge in [0.2, 0.25) is 0 Å². The minimum atomic E-state index is -1.06. The van der Waals surface area contributed by atoms with Gasteiger partial charge in [-0.1, -0.05) is 6.92 Å². The topological polar surface area (TPSA) is 58.6 Å². The van der Waals surface area contributed by atoms with Gasteiger partial charge in [0.15, 0.2) is 6.10 Å². The molecular weight excluding hydrogens is 158 g/mol. The lowest BCUT2D eigenvalue weighted by molar-refractivity contribution is -0.154. The minimum Gasteiger partial charge on any atom is -0.464 e. The van der Waals surface area contributed by atoms with Crippen molar-refractivity contribution in [1.82, 2.24) is 5.32 Å². The van der Waals surface area contributed by atoms with Crippen molar-refractivity contribution in [2.45, 2.75) is 32.9 Å². The molecule has 0 heterocycles. The maximum atomic E-state index is 10.9. The number of rotatable bonds is 5. The van der Waals surface area contributed by atoms with Gasteiger partial charge in [-0.05, 0) is 20.4 Å². The van der Waals surface area contributed by atoms with Crippen molar-refractivity contribution < 1.29 is 14.6 Å². The van der Waals surface area contributed by atoms with Crippen LogP contribution in [0, 0.1) is 0 Å². The molecule has 12 heavy (non-hydrogen) atoms. The van der Waals surface area contributed by atoms with Crippen molar-refractivity contribution in [3.8, 4) is 0 Å². The zero-order valence-corrected chi connectivity index (χ0v) is 7.83. The van der Waals surface area contributed by atoms with Crippen molar-refractivity contribution in [3.05, 3.63) is 0 Å². The summed E-state index contributed by atoms with van der Waals surface area (Å²) in [5, 5.41) is 12.2. The zero-order chi connectivity index (χ0) is 9.56. The lowest BCUT2D eigenvalue weighted by Gasteiger charge is -2.17. The maximum absolute atomic E-state index is 10.9. The van der Waals surface area contributed by atoms with E-state index < -0.39 is 12.1 Å². The van der Waals surface area contributed by atoms with Gasteiger partial charge in [-0.3, -0.25) is 0 Å². The van der Waals surface area contributed by atoms with Crippen LogP contribution < -0.4 is 5.32 Å². The molecule has 2 N–H and O–H groups in total. The Labute approximate surface area is 72.9 Å². The standard InChI is InChI=1S/C8H17NO3/c1-4-9-6(3)7(10)8(11)12-5-2/h6-7,9-10H,4-5H2,1-3H3. The van der Waals surface area contributed by atoms with E-state index in [1.165, 1.54) is 0 Å². The monoisotopic (exact) mass is 175 g/mol. The van der Waals surface area contributed by atoms with E-state index in [2.05, 4.69) is 10.1 Å². The molecule has 0 bridgehead atoms. The van der Waals surface area contributed by atoms with E-state index in [0.717, 1.165) is 6.54 Å². The van der Waals surface area contributed by atoms with E-state index >= 15 is 0 Å². The number of hydrogen-bond donors (Lipinski definition) is 2. The first-order chi connectivity index (χ1) is 5.63. The third-order valence-electron chi connectivity index (χ3n) is 1.53. The number of aliphatic hydroxyl groups is 1. The molecule has 0 amide bonds. The van der Waals surface area contributed by atoms with Gasteiger partial charge >= 0.3 is 5.97 Å². The number of carbonyl (C=O) groups is 1. The lowest BCUT2D eigenvalue weighted by Crippen LogP contribution is -2.42. The second kappa shape index (κ2) is 5.97. The van der Waals surface area contributed by atoms with Gasteiger partial charge in [0, 0.05) is 6.04 Å². The van der Waals surface area contributed by atoms with Crippen molar-refractivity contribution in [2.24, 2.45) is 0 Å². The third kappa shape index (κ3) is 3.69. The molecule has 0 fully saturated rings. The van der Waals surface area contributed by atoms with Gasteiger partial charge in [0.05, 0.1) is 6.61 Å². The van der Waals surface area contributed by atoms with Crippen molar-refractivity contribution in [2.75, 3.05) is 13.2 Å². The number of ether oxygens (including phenoxy) is 1. The molecule has 0 saturated carbocycles. The summed E-state index contributed by atoms with van der Waals surface area (Å²) in [5.74, 6) is -0.564. The summed E-state index contributed by atoms with van der Waals surface area (Å²) in [4.78, 5) is 10.9. The molecule has 0 aromatic heterocycles. The van der Waals surface area contributed by atoms with E-state index in [1.807, 2.05) is 6.92 Å². The van der Waals surface area contributed by atoms with Gasteiger partial charge in [-0.25, -0.2) is 4.79 Å². The van der Waals surface area contributed by atoms with Gasteiger partial charge in [0.1, 0.15) is 0 Å². The van der Waals surface area contributed by atoms with E-state index in [9.17, 15) is 9.90 Å². The molecule has 2 unspecified atom stereocenters. The van der Waals surface area contributed by atoms with Crippen LogP contribution in [0.5, 0.6) is 0 Å². The first-order valence-electron chi connectivity index (χ1n) is 4.21. The second-order valence-electron chi connectivity index (χ2n) is 2.54. The van der Waals surface area contributed by atoms with E-state index in [4.69, 9.17) is 0 Å². The SMILES string of the molecule is CCNC(C)C(O)C(=O)OCC. The highest BCUT2D eigenvalue weighted by atomic mass is 16.5. The summed E-state index contributed by atoms with van der Waals surface area (Å²) in [6.45, 7) is 6.38. The van der Waals surface area contributed by atoms with E-state index in [-0.39, 0.29) is 6.04 Å². The van der Waals surface area contributed by atoms with E-state index in [0.29, 0.717) is 6.61 Å². The van der Waals surface area contributed by atoms with Crippen molar-refractivity contribution in [1.29, 1.82) is 0 Å². The number of esters is 1. The fourth-order valence-corrected chi connectivity index (χ4v) is 0.865. The zero-order valence-electron chi connectivity index (χ0n) is 7.83. The normalized spacial score (nSPS) is 15.3. The Morgan fingerprint density at radius 1 is 1.58 bits per heavy atom. The number of carbonyl (C=O) groups excluding carboxylic acids is 1. The predicted molar refractivity (Wildman–Crippen MR) is 45.8 cm³/mol. The largest absolute Gasteiger partial charge is 0.464 e. The second-order valence-corrected chi connectivity index (χ2v) is 2.54. The number of hydrogen-bond acceptors (Lipinski definition) is 4. The molecule has 0 rings (SSSR count). The van der Waals surface area contributed by atoms with Crippen LogP contribution in [0.15, 0.2) is 0 Å². The molecule has 0 aliphatic carbocycles. The van der Waals surface area contributed by atoms with E-state index in [1.54, 1.807) is 13.8 Å². The van der Waals surface area contributed by atoms with Crippen molar-refractivity contribution in [3.63, 3.8) is 0 Å². The van der Waals surface area contributed by atoms with Crippen LogP contribution in [0.1, 0.15) is 20.8 Å². The van der Waals surface area contributed by atoms with Crippen LogP contribution in [-0.2, 0) is 9.53 Å². The summed E-state index contributed by atoms with van der Waals surface area (Å²) in [5.41, 5.74) is 0. The fourth-order valence-electron chi connectivity index (χ4n) is 0.865. The van der Waals surface area contributed by atoms with Crippen LogP contribution in [-0.4, -0.2) is 36.4 Å². The molecule has 0 aromatic rings. The Morgan fingerprint density at radius 3 is 2.58 bits per heavy atom. The molecule has 0 radical (unpaired) electrons. The van der Waals surface area contributed by atoms with Gasteiger partial charge in [0.25, 0.3) is 0 Å². The Bertz CT molecular complexity index is 138. The molecule has 0 spiro atoms. The molecule has 0 saturated heterocycles. The lowest BCUT2D eigenvalue weighted by atomic mass is 10.2. The van der Waals surface area contributed by atoms with Crippen LogP contribution in [0.2, 0.25) is 0 Å². The number of nitrogens with one attached hydrogen (secondary N) is 1. The molecule has 0 aliphatic rings. The van der Waals surface area contributed by atoms with Gasteiger partial charge < -0.3 is 15.2 Å². The summed E-state index contributed by atoms with van der Waals surface area (Å²) in [7, 11) is 0. The summed E-state index contributed by atoms with van der Waals surface area (Å²) in [6.07, 6.45) is -1.06. The van der Waals surface area contributed by atoms with Crippen LogP contribution in [0.3, 0.4) is 0 Å². The van der Waals surface area contributed by atoms with Gasteiger partial charge in [-0.15, -0.1) is 0 Å². The third-order valence-corrected chi connectivity index (χ3v) is 1.53. The molecule has 4 heteroatoms. The summed E-state index contributed by atoms with van der Waals surface area (Å²) >= 11 is 0. The first-order valence-corrected chi connectivity index (χ1v) is 4.21. The van der Waals surface area contributed by atoms with Crippen LogP contribution >= 0.6 is 0 Å². The molecule has 0 aliphatic heterocycles. The molecule has 4 nitrogen and oxygen atoms in total. The maximum Gasteiger partial charge on any atom is 0.336 e. The molecular formula is C8H17NO3. The average molecular weight is 175 g/mol. The molecule has 0 aromatic carbocycles. The fraction of sp³-hybridized carbons (Fsp3) is 0.875. The minimum absolute atomic E-state index is 0.256. The smallest absolute Gasteiger partial charge is 0.336 e. The number of aliphatic hydroxyl groups excluding tert-OH is 1.